The van der Waals surface area contributed by atoms with E-state index in [9.17, 15) is 0 Å². The summed E-state index contributed by atoms with van der Waals surface area (Å²) in [5.41, 5.74) is 21.0. The Labute approximate surface area is 551 Å². The van der Waals surface area contributed by atoms with Gasteiger partial charge < -0.3 is 19.6 Å². The van der Waals surface area contributed by atoms with Gasteiger partial charge in [0.1, 0.15) is 0 Å². The van der Waals surface area contributed by atoms with Crippen molar-refractivity contribution in [2.24, 2.45) is 0 Å². The lowest BCUT2D eigenvalue weighted by molar-refractivity contribution is 1.21. The van der Waals surface area contributed by atoms with Crippen LogP contribution in [0.2, 0.25) is 0 Å². The Bertz CT molecular complexity index is 5250. The Morgan fingerprint density at radius 3 is 0.957 bits per heavy atom. The summed E-state index contributed by atoms with van der Waals surface area (Å²) in [6, 6.07) is 135. The zero-order valence-corrected chi connectivity index (χ0v) is 52.6. The molecule has 0 saturated heterocycles. The van der Waals surface area contributed by atoms with Crippen molar-refractivity contribution in [3.63, 3.8) is 0 Å². The third-order valence-corrected chi connectivity index (χ3v) is 18.1. The summed E-state index contributed by atoms with van der Waals surface area (Å²) in [5, 5.41) is 10.1. The van der Waals surface area contributed by atoms with E-state index in [4.69, 9.17) is 0 Å². The van der Waals surface area contributed by atoms with Crippen LogP contribution in [0.25, 0.3) is 87.6 Å². The molecule has 0 aromatic heterocycles. The second-order valence-corrected chi connectivity index (χ2v) is 23.9. The number of hydrogen-bond donors (Lipinski definition) is 0. The summed E-state index contributed by atoms with van der Waals surface area (Å²) in [6.07, 6.45) is 0. The zero-order chi connectivity index (χ0) is 63.2. The van der Waals surface area contributed by atoms with E-state index in [0.717, 1.165) is 45.5 Å². The van der Waals surface area contributed by atoms with Crippen LogP contribution < -0.4 is 19.6 Å². The number of anilines is 10. The van der Waals surface area contributed by atoms with Crippen LogP contribution >= 0.6 is 0 Å². The van der Waals surface area contributed by atoms with Crippen LogP contribution in [0.15, 0.2) is 376 Å². The number of rotatable bonds is 14. The quantitative estimate of drug-likeness (QED) is 0.0795. The molecular formula is C90H68N4. The molecule has 448 valence electrons. The van der Waals surface area contributed by atoms with E-state index in [2.05, 4.69) is 410 Å². The maximum atomic E-state index is 2.32. The van der Waals surface area contributed by atoms with Crippen molar-refractivity contribution < 1.29 is 0 Å². The Morgan fingerprint density at radius 1 is 0.160 bits per heavy atom. The first-order valence-corrected chi connectivity index (χ1v) is 32.2. The maximum absolute atomic E-state index is 2.32. The molecule has 16 rings (SSSR count). The average Bonchev–Trinajstić information content (AvgIpc) is 0.818. The second kappa shape index (κ2) is 26.3. The smallest absolute Gasteiger partial charge is 0.0494 e. The Balaban J connectivity index is 0.000000155. The van der Waals surface area contributed by atoms with E-state index in [1.165, 1.54) is 99.0 Å². The largest absolute Gasteiger partial charge is 0.345 e. The van der Waals surface area contributed by atoms with Crippen molar-refractivity contribution in [2.45, 2.75) is 0 Å². The molecule has 0 aliphatic rings. The van der Waals surface area contributed by atoms with Gasteiger partial charge >= 0.3 is 0 Å². The van der Waals surface area contributed by atoms with E-state index in [0.29, 0.717) is 0 Å². The zero-order valence-electron chi connectivity index (χ0n) is 52.6. The summed E-state index contributed by atoms with van der Waals surface area (Å²) in [7, 11) is 4.29. The van der Waals surface area contributed by atoms with Gasteiger partial charge in [-0.1, -0.05) is 249 Å². The van der Waals surface area contributed by atoms with Gasteiger partial charge in [-0.3, -0.25) is 0 Å². The van der Waals surface area contributed by atoms with Crippen molar-refractivity contribution in [1.82, 2.24) is 0 Å². The average molecular weight is 1210 g/mol. The molecule has 0 bridgehead atoms. The van der Waals surface area contributed by atoms with Crippen LogP contribution in [-0.2, 0) is 0 Å². The van der Waals surface area contributed by atoms with E-state index < -0.39 is 0 Å². The minimum Gasteiger partial charge on any atom is -0.345 e. The fraction of sp³-hybridized carbons (Fsp3) is 0.0222. The highest BCUT2D eigenvalue weighted by Crippen LogP contribution is 2.42. The molecule has 0 atom stereocenters. The van der Waals surface area contributed by atoms with Crippen LogP contribution in [0.1, 0.15) is 0 Å². The Hall–Kier alpha value is -12.2. The van der Waals surface area contributed by atoms with E-state index in [-0.39, 0.29) is 0 Å². The first-order valence-electron chi connectivity index (χ1n) is 32.2. The summed E-state index contributed by atoms with van der Waals surface area (Å²) in [5.74, 6) is 0. The molecule has 0 N–H and O–H groups in total. The molecule has 0 fully saturated rings. The molecule has 0 aliphatic heterocycles. The molecule has 16 aromatic carbocycles. The lowest BCUT2D eigenvalue weighted by Gasteiger charge is -2.26. The molecule has 4 nitrogen and oxygen atoms in total. The van der Waals surface area contributed by atoms with Gasteiger partial charge in [0.25, 0.3) is 0 Å². The molecule has 0 spiro atoms. The third-order valence-electron chi connectivity index (χ3n) is 18.1. The molecule has 16 aromatic rings. The van der Waals surface area contributed by atoms with Crippen molar-refractivity contribution in [3.8, 4) is 44.5 Å². The fourth-order valence-corrected chi connectivity index (χ4v) is 13.1. The van der Waals surface area contributed by atoms with Crippen LogP contribution in [0, 0.1) is 0 Å². The number of para-hydroxylation sites is 2. The number of hydrogen-bond acceptors (Lipinski definition) is 4. The van der Waals surface area contributed by atoms with Crippen molar-refractivity contribution in [3.05, 3.63) is 376 Å². The molecule has 0 aliphatic carbocycles. The fourth-order valence-electron chi connectivity index (χ4n) is 13.1. The third kappa shape index (κ3) is 12.2. The van der Waals surface area contributed by atoms with Crippen LogP contribution in [-0.4, -0.2) is 14.1 Å². The molecule has 0 saturated carbocycles. The monoisotopic (exact) mass is 1200 g/mol. The number of fused-ring (bicyclic) bond motifs is 5. The predicted octanol–water partition coefficient (Wildman–Crippen LogP) is 25.1. The molecule has 0 radical (unpaired) electrons. The molecular weight excluding hydrogens is 1140 g/mol. The van der Waals surface area contributed by atoms with Crippen LogP contribution in [0.3, 0.4) is 0 Å². The Kier molecular flexibility index (Phi) is 16.3. The normalized spacial score (nSPS) is 11.1. The van der Waals surface area contributed by atoms with Gasteiger partial charge in [-0.25, -0.2) is 0 Å². The van der Waals surface area contributed by atoms with Gasteiger partial charge in [0.05, 0.1) is 0 Å². The first kappa shape index (κ1) is 58.2. The van der Waals surface area contributed by atoms with Gasteiger partial charge in [0.15, 0.2) is 0 Å². The highest BCUT2D eigenvalue weighted by atomic mass is 15.1. The summed E-state index contributed by atoms with van der Waals surface area (Å²) >= 11 is 0. The van der Waals surface area contributed by atoms with Crippen molar-refractivity contribution >= 4 is 100.0 Å². The summed E-state index contributed by atoms with van der Waals surface area (Å²) < 4.78 is 0. The lowest BCUT2D eigenvalue weighted by Crippen LogP contribution is -2.10. The maximum Gasteiger partial charge on any atom is 0.0494 e. The standard InChI is InChI=1S/2C45H34N2/c1-46(45-32-37-15-8-9-20-42(37)43-21-10-11-22-44(43)45)38-27-23-34(24-28-38)35-25-29-40(30-26-35)47(39-17-6-3-7-18-39)41-19-12-16-36(31-41)33-13-4-2-5-14-33;1-46(44-28-23-39-29-36-13-8-9-14-37(36)30-40(39)32-44)41-24-19-34(20-25-41)35-21-26-43(27-22-35)47(42-16-6-3-7-17-42)45-18-10-15-38(31-45)33-11-4-2-5-12-33/h2*2-32H,1H3. The van der Waals surface area contributed by atoms with Gasteiger partial charge in [-0.2, -0.15) is 0 Å². The highest BCUT2D eigenvalue weighted by Gasteiger charge is 2.18. The molecule has 4 heteroatoms. The number of nitrogens with zero attached hydrogens (tertiary/aromatic N) is 4. The van der Waals surface area contributed by atoms with Gasteiger partial charge in [0, 0.05) is 76.4 Å². The topological polar surface area (TPSA) is 13.0 Å². The SMILES string of the molecule is CN(c1ccc(-c2ccc(N(c3ccccc3)c3cccc(-c4ccccc4)c3)cc2)cc1)c1cc2ccccc2c2ccccc12.CN(c1ccc(-c2ccc(N(c3ccccc3)c3cccc(-c4ccccc4)c3)cc2)cc1)c1ccc2cc3ccccc3cc2c1. The van der Waals surface area contributed by atoms with Gasteiger partial charge in [0.2, 0.25) is 0 Å². The minimum atomic E-state index is 1.12. The van der Waals surface area contributed by atoms with E-state index in [1.807, 2.05) is 0 Å². The summed E-state index contributed by atoms with van der Waals surface area (Å²) in [4.78, 5) is 9.19. The van der Waals surface area contributed by atoms with Crippen molar-refractivity contribution in [2.75, 3.05) is 33.7 Å². The van der Waals surface area contributed by atoms with Crippen molar-refractivity contribution in [1.29, 1.82) is 0 Å². The lowest BCUT2D eigenvalue weighted by atomic mass is 9.99. The minimum absolute atomic E-state index is 1.12. The molecule has 0 heterocycles. The highest BCUT2D eigenvalue weighted by molar-refractivity contribution is 6.13. The second-order valence-electron chi connectivity index (χ2n) is 23.9. The molecule has 94 heavy (non-hydrogen) atoms. The predicted molar refractivity (Wildman–Crippen MR) is 403 cm³/mol. The van der Waals surface area contributed by atoms with Gasteiger partial charge in [-0.05, 0) is 210 Å². The van der Waals surface area contributed by atoms with Crippen LogP contribution in [0.4, 0.5) is 56.9 Å². The number of benzene rings is 16. The molecule has 0 amide bonds. The van der Waals surface area contributed by atoms with Gasteiger partial charge in [-0.15, -0.1) is 0 Å². The van der Waals surface area contributed by atoms with E-state index >= 15 is 0 Å². The van der Waals surface area contributed by atoms with E-state index in [1.54, 1.807) is 0 Å². The van der Waals surface area contributed by atoms with Crippen LogP contribution in [0.5, 0.6) is 0 Å². The molecule has 0 unspecified atom stereocenters. The first-order chi connectivity index (χ1) is 46.4. The summed E-state index contributed by atoms with van der Waals surface area (Å²) in [6.45, 7) is 0. The Morgan fingerprint density at radius 2 is 0.479 bits per heavy atom.